The molecule has 1 atom stereocenters. The third-order valence-corrected chi connectivity index (χ3v) is 3.77. The van der Waals surface area contributed by atoms with Crippen molar-refractivity contribution in [2.24, 2.45) is 5.84 Å². The van der Waals surface area contributed by atoms with Crippen LogP contribution >= 0.6 is 0 Å². The molecule has 1 aliphatic heterocycles. The van der Waals surface area contributed by atoms with Gasteiger partial charge < -0.3 is 5.32 Å². The maximum Gasteiger partial charge on any atom is 0.243 e. The first kappa shape index (κ1) is 14.0. The number of carbonyl (C=O) groups is 1. The number of nitrogens with one attached hydrogen (secondary N) is 1. The maximum atomic E-state index is 12.3. The first-order valence-electron chi connectivity index (χ1n) is 6.89. The minimum Gasteiger partial charge on any atom is -0.324 e. The lowest BCUT2D eigenvalue weighted by atomic mass is 10.0. The van der Waals surface area contributed by atoms with Crippen molar-refractivity contribution < 1.29 is 4.79 Å². The predicted molar refractivity (Wildman–Crippen MR) is 77.8 cm³/mol. The topological polar surface area (TPSA) is 58.4 Å². The van der Waals surface area contributed by atoms with E-state index < -0.39 is 0 Å². The first-order chi connectivity index (χ1) is 8.99. The number of carbonyl (C=O) groups excluding carboxylic acids is 1. The number of nitrogens with zero attached hydrogens (tertiary/aromatic N) is 1. The fraction of sp³-hybridized carbons (Fsp3) is 0.533. The Balaban J connectivity index is 2.14. The largest absolute Gasteiger partial charge is 0.324 e. The molecule has 2 rings (SSSR count). The second-order valence-corrected chi connectivity index (χ2v) is 5.51. The minimum absolute atomic E-state index is 0.0113. The number of hydrazine groups is 1. The van der Waals surface area contributed by atoms with E-state index in [1.807, 2.05) is 13.8 Å². The molecule has 1 fully saturated rings. The van der Waals surface area contributed by atoms with Gasteiger partial charge in [0.05, 0.1) is 0 Å². The Kier molecular flexibility index (Phi) is 4.22. The van der Waals surface area contributed by atoms with E-state index in [1.165, 1.54) is 5.56 Å². The summed E-state index contributed by atoms with van der Waals surface area (Å²) < 4.78 is 0. The zero-order valence-electron chi connectivity index (χ0n) is 12.0. The van der Waals surface area contributed by atoms with Crippen molar-refractivity contribution >= 4 is 11.6 Å². The molecular formula is C15H23N3O. The molecule has 0 bridgehead atoms. The van der Waals surface area contributed by atoms with Crippen LogP contribution in [0.5, 0.6) is 0 Å². The molecule has 1 aromatic carbocycles. The molecule has 19 heavy (non-hydrogen) atoms. The summed E-state index contributed by atoms with van der Waals surface area (Å²) in [6, 6.07) is 3.97. The molecule has 1 aliphatic rings. The normalized spacial score (nSPS) is 20.3. The summed E-state index contributed by atoms with van der Waals surface area (Å²) >= 11 is 0. The lowest BCUT2D eigenvalue weighted by molar-refractivity contribution is -0.122. The summed E-state index contributed by atoms with van der Waals surface area (Å²) in [4.78, 5) is 12.3. The number of hydrogen-bond acceptors (Lipinski definition) is 3. The third-order valence-electron chi connectivity index (χ3n) is 3.77. The second kappa shape index (κ2) is 5.72. The van der Waals surface area contributed by atoms with Crippen molar-refractivity contribution in [3.63, 3.8) is 0 Å². The molecule has 0 radical (unpaired) electrons. The standard InChI is InChI=1S/C15H23N3O/c1-10-8-11(2)14(12(3)9-10)17-15(19)13-6-4-5-7-18(13)16/h8-9,13H,4-7,16H2,1-3H3,(H,17,19)/t13-/m0/s1. The fourth-order valence-corrected chi connectivity index (χ4v) is 2.82. The van der Waals surface area contributed by atoms with E-state index in [-0.39, 0.29) is 11.9 Å². The summed E-state index contributed by atoms with van der Waals surface area (Å²) in [6.07, 6.45) is 2.98. The molecule has 0 aliphatic carbocycles. The quantitative estimate of drug-likeness (QED) is 0.803. The Labute approximate surface area is 114 Å². The third kappa shape index (κ3) is 3.14. The van der Waals surface area contributed by atoms with Gasteiger partial charge in [-0.25, -0.2) is 5.01 Å². The van der Waals surface area contributed by atoms with Crippen LogP contribution in [0, 0.1) is 20.8 Å². The van der Waals surface area contributed by atoms with Crippen LogP contribution in [0.3, 0.4) is 0 Å². The molecule has 0 saturated carbocycles. The molecule has 1 heterocycles. The van der Waals surface area contributed by atoms with E-state index in [4.69, 9.17) is 5.84 Å². The summed E-state index contributed by atoms with van der Waals surface area (Å²) in [5.41, 5.74) is 4.34. The number of rotatable bonds is 2. The van der Waals surface area contributed by atoms with Crippen molar-refractivity contribution in [1.82, 2.24) is 5.01 Å². The molecule has 4 nitrogen and oxygen atoms in total. The Morgan fingerprint density at radius 2 is 1.89 bits per heavy atom. The summed E-state index contributed by atoms with van der Waals surface area (Å²) in [5.74, 6) is 5.92. The Bertz CT molecular complexity index is 461. The highest BCUT2D eigenvalue weighted by molar-refractivity contribution is 5.96. The van der Waals surface area contributed by atoms with E-state index in [0.717, 1.165) is 42.6 Å². The summed E-state index contributed by atoms with van der Waals surface area (Å²) in [6.45, 7) is 6.91. The van der Waals surface area contributed by atoms with Gasteiger partial charge in [-0.05, 0) is 51.2 Å². The van der Waals surface area contributed by atoms with Crippen LogP contribution in [-0.4, -0.2) is 23.5 Å². The molecule has 1 aromatic rings. The van der Waals surface area contributed by atoms with Crippen molar-refractivity contribution in [1.29, 1.82) is 0 Å². The summed E-state index contributed by atoms with van der Waals surface area (Å²) in [7, 11) is 0. The van der Waals surface area contributed by atoms with Gasteiger partial charge in [-0.15, -0.1) is 0 Å². The number of anilines is 1. The highest BCUT2D eigenvalue weighted by Crippen LogP contribution is 2.23. The number of benzene rings is 1. The highest BCUT2D eigenvalue weighted by Gasteiger charge is 2.27. The predicted octanol–water partition coefficient (Wildman–Crippen LogP) is 2.28. The van der Waals surface area contributed by atoms with Gasteiger partial charge in [-0.3, -0.25) is 10.6 Å². The van der Waals surface area contributed by atoms with Gasteiger partial charge in [0.15, 0.2) is 0 Å². The molecule has 0 unspecified atom stereocenters. The van der Waals surface area contributed by atoms with Gasteiger partial charge >= 0.3 is 0 Å². The molecular weight excluding hydrogens is 238 g/mol. The smallest absolute Gasteiger partial charge is 0.243 e. The zero-order chi connectivity index (χ0) is 14.0. The number of piperidine rings is 1. The fourth-order valence-electron chi connectivity index (χ4n) is 2.82. The Hall–Kier alpha value is -1.39. The van der Waals surface area contributed by atoms with Crippen LogP contribution in [0.4, 0.5) is 5.69 Å². The van der Waals surface area contributed by atoms with Gasteiger partial charge in [0.2, 0.25) is 5.91 Å². The van der Waals surface area contributed by atoms with Gasteiger partial charge in [-0.2, -0.15) is 0 Å². The van der Waals surface area contributed by atoms with Crippen LogP contribution < -0.4 is 11.2 Å². The molecule has 0 aromatic heterocycles. The Morgan fingerprint density at radius 1 is 1.26 bits per heavy atom. The number of hydrogen-bond donors (Lipinski definition) is 2. The van der Waals surface area contributed by atoms with Crippen molar-refractivity contribution in [3.8, 4) is 0 Å². The molecule has 1 amide bonds. The van der Waals surface area contributed by atoms with E-state index in [9.17, 15) is 4.79 Å². The SMILES string of the molecule is Cc1cc(C)c(NC(=O)[C@@H]2CCCCN2N)c(C)c1. The van der Waals surface area contributed by atoms with Crippen LogP contribution in [0.15, 0.2) is 12.1 Å². The maximum absolute atomic E-state index is 12.3. The molecule has 1 saturated heterocycles. The zero-order valence-corrected chi connectivity index (χ0v) is 12.0. The minimum atomic E-state index is -0.200. The molecule has 0 spiro atoms. The van der Waals surface area contributed by atoms with Crippen LogP contribution in [0.2, 0.25) is 0 Å². The lowest BCUT2D eigenvalue weighted by Crippen LogP contribution is -2.50. The van der Waals surface area contributed by atoms with E-state index in [0.29, 0.717) is 0 Å². The van der Waals surface area contributed by atoms with E-state index >= 15 is 0 Å². The highest BCUT2D eigenvalue weighted by atomic mass is 16.2. The summed E-state index contributed by atoms with van der Waals surface area (Å²) in [5, 5.41) is 4.71. The van der Waals surface area contributed by atoms with Gasteiger partial charge in [0.1, 0.15) is 6.04 Å². The average Bonchev–Trinajstić information content (AvgIpc) is 2.34. The van der Waals surface area contributed by atoms with Crippen molar-refractivity contribution in [2.45, 2.75) is 46.1 Å². The molecule has 4 heteroatoms. The lowest BCUT2D eigenvalue weighted by Gasteiger charge is -2.31. The number of nitrogens with two attached hydrogens (primary N) is 1. The van der Waals surface area contributed by atoms with Crippen LogP contribution in [0.25, 0.3) is 0 Å². The Morgan fingerprint density at radius 3 is 2.47 bits per heavy atom. The molecule has 104 valence electrons. The van der Waals surface area contributed by atoms with E-state index in [2.05, 4.69) is 24.4 Å². The van der Waals surface area contributed by atoms with Crippen LogP contribution in [-0.2, 0) is 4.79 Å². The van der Waals surface area contributed by atoms with Crippen LogP contribution in [0.1, 0.15) is 36.0 Å². The first-order valence-corrected chi connectivity index (χ1v) is 6.89. The van der Waals surface area contributed by atoms with E-state index in [1.54, 1.807) is 5.01 Å². The monoisotopic (exact) mass is 261 g/mol. The second-order valence-electron chi connectivity index (χ2n) is 5.51. The van der Waals surface area contributed by atoms with Gasteiger partial charge in [-0.1, -0.05) is 17.7 Å². The number of aryl methyl sites for hydroxylation is 3. The van der Waals surface area contributed by atoms with Gasteiger partial charge in [0.25, 0.3) is 0 Å². The van der Waals surface area contributed by atoms with Crippen molar-refractivity contribution in [2.75, 3.05) is 11.9 Å². The van der Waals surface area contributed by atoms with Gasteiger partial charge in [0, 0.05) is 12.2 Å². The average molecular weight is 261 g/mol. The number of amides is 1. The van der Waals surface area contributed by atoms with Crippen molar-refractivity contribution in [3.05, 3.63) is 28.8 Å². The molecule has 3 N–H and O–H groups in total.